The van der Waals surface area contributed by atoms with Crippen molar-refractivity contribution in [3.05, 3.63) is 18.1 Å². The van der Waals surface area contributed by atoms with Crippen LogP contribution in [-0.2, 0) is 0 Å². The summed E-state index contributed by atoms with van der Waals surface area (Å²) in [5.41, 5.74) is 1.09. The third-order valence-corrected chi connectivity index (χ3v) is 2.72. The molecule has 0 atom stereocenters. The molecular formula is C11H20N4. The van der Waals surface area contributed by atoms with E-state index in [1.54, 1.807) is 6.33 Å². The van der Waals surface area contributed by atoms with Gasteiger partial charge in [-0.3, -0.25) is 0 Å². The number of likely N-dealkylation sites (N-methyl/N-ethyl adjacent to an activating group) is 1. The topological polar surface area (TPSA) is 41.0 Å². The maximum absolute atomic E-state index is 4.16. The number of hydrogen-bond donors (Lipinski definition) is 1. The third kappa shape index (κ3) is 3.47. The number of aromatic nitrogens is 2. The van der Waals surface area contributed by atoms with Crippen LogP contribution in [0, 0.1) is 6.92 Å². The number of aryl methyl sites for hydroxylation is 1. The van der Waals surface area contributed by atoms with Gasteiger partial charge in [0.15, 0.2) is 0 Å². The van der Waals surface area contributed by atoms with E-state index in [2.05, 4.69) is 48.1 Å². The summed E-state index contributed by atoms with van der Waals surface area (Å²) in [6.45, 7) is 7.20. The highest BCUT2D eigenvalue weighted by atomic mass is 15.2. The van der Waals surface area contributed by atoms with E-state index in [-0.39, 0.29) is 5.54 Å². The lowest BCUT2D eigenvalue weighted by molar-refractivity contribution is 0.210. The molecule has 0 aliphatic rings. The summed E-state index contributed by atoms with van der Waals surface area (Å²) in [6, 6.07) is 1.95. The molecule has 0 aliphatic carbocycles. The summed E-state index contributed by atoms with van der Waals surface area (Å²) in [4.78, 5) is 10.4. The monoisotopic (exact) mass is 208 g/mol. The lowest BCUT2D eigenvalue weighted by Gasteiger charge is -2.32. The van der Waals surface area contributed by atoms with Gasteiger partial charge in [-0.2, -0.15) is 0 Å². The van der Waals surface area contributed by atoms with Crippen molar-refractivity contribution in [1.29, 1.82) is 0 Å². The second kappa shape index (κ2) is 4.57. The highest BCUT2D eigenvalue weighted by Gasteiger charge is 2.19. The zero-order valence-corrected chi connectivity index (χ0v) is 10.2. The second-order valence-corrected chi connectivity index (χ2v) is 4.61. The van der Waals surface area contributed by atoms with Crippen LogP contribution >= 0.6 is 0 Å². The predicted molar refractivity (Wildman–Crippen MR) is 63.0 cm³/mol. The van der Waals surface area contributed by atoms with Gasteiger partial charge >= 0.3 is 0 Å². The average molecular weight is 208 g/mol. The first-order valence-corrected chi connectivity index (χ1v) is 5.12. The van der Waals surface area contributed by atoms with Crippen molar-refractivity contribution in [2.24, 2.45) is 0 Å². The molecule has 4 heteroatoms. The Kier molecular flexibility index (Phi) is 3.63. The standard InChI is InChI=1S/C11H20N4/c1-9-6-10(14-8-13-9)12-7-11(2,3)15(4)5/h6,8H,7H2,1-5H3,(H,12,13,14). The van der Waals surface area contributed by atoms with Crippen molar-refractivity contribution in [3.63, 3.8) is 0 Å². The Morgan fingerprint density at radius 1 is 1.33 bits per heavy atom. The molecule has 0 bridgehead atoms. The number of anilines is 1. The van der Waals surface area contributed by atoms with E-state index in [1.807, 2.05) is 13.0 Å². The lowest BCUT2D eigenvalue weighted by atomic mass is 10.0. The van der Waals surface area contributed by atoms with Gasteiger partial charge in [-0.15, -0.1) is 0 Å². The summed E-state index contributed by atoms with van der Waals surface area (Å²) in [5, 5.41) is 3.31. The molecule has 4 nitrogen and oxygen atoms in total. The molecule has 1 rings (SSSR count). The van der Waals surface area contributed by atoms with Crippen LogP contribution in [0.2, 0.25) is 0 Å². The number of hydrogen-bond acceptors (Lipinski definition) is 4. The van der Waals surface area contributed by atoms with Crippen LogP contribution in [0.3, 0.4) is 0 Å². The Labute approximate surface area is 91.7 Å². The Bertz CT molecular complexity index is 320. The Balaban J connectivity index is 2.57. The molecule has 0 saturated heterocycles. The summed E-state index contributed by atoms with van der Waals surface area (Å²) >= 11 is 0. The molecule has 0 aliphatic heterocycles. The van der Waals surface area contributed by atoms with E-state index in [0.29, 0.717) is 0 Å². The van der Waals surface area contributed by atoms with Crippen molar-refractivity contribution in [3.8, 4) is 0 Å². The molecular weight excluding hydrogens is 188 g/mol. The molecule has 1 N–H and O–H groups in total. The molecule has 0 aromatic carbocycles. The first kappa shape index (κ1) is 11.9. The highest BCUT2D eigenvalue weighted by molar-refractivity contribution is 5.34. The second-order valence-electron chi connectivity index (χ2n) is 4.61. The quantitative estimate of drug-likeness (QED) is 0.815. The van der Waals surface area contributed by atoms with E-state index in [4.69, 9.17) is 0 Å². The van der Waals surface area contributed by atoms with Crippen LogP contribution in [0.1, 0.15) is 19.5 Å². The Morgan fingerprint density at radius 2 is 2.00 bits per heavy atom. The van der Waals surface area contributed by atoms with Crippen molar-refractivity contribution < 1.29 is 0 Å². The Morgan fingerprint density at radius 3 is 2.53 bits per heavy atom. The fourth-order valence-corrected chi connectivity index (χ4v) is 1.02. The third-order valence-electron chi connectivity index (χ3n) is 2.72. The SMILES string of the molecule is Cc1cc(NCC(C)(C)N(C)C)ncn1. The van der Waals surface area contributed by atoms with E-state index in [0.717, 1.165) is 18.1 Å². The first-order chi connectivity index (χ1) is 6.92. The van der Waals surface area contributed by atoms with Crippen molar-refractivity contribution in [2.75, 3.05) is 26.0 Å². The van der Waals surface area contributed by atoms with Gasteiger partial charge in [-0.05, 0) is 34.9 Å². The van der Waals surface area contributed by atoms with Crippen LogP contribution in [-0.4, -0.2) is 41.0 Å². The highest BCUT2D eigenvalue weighted by Crippen LogP contribution is 2.11. The van der Waals surface area contributed by atoms with Crippen LogP contribution in [0.25, 0.3) is 0 Å². The fraction of sp³-hybridized carbons (Fsp3) is 0.636. The molecule has 0 radical (unpaired) electrons. The van der Waals surface area contributed by atoms with Crippen LogP contribution in [0.15, 0.2) is 12.4 Å². The van der Waals surface area contributed by atoms with Crippen molar-refractivity contribution >= 4 is 5.82 Å². The average Bonchev–Trinajstić information content (AvgIpc) is 2.15. The van der Waals surface area contributed by atoms with Crippen molar-refractivity contribution in [1.82, 2.24) is 14.9 Å². The van der Waals surface area contributed by atoms with Crippen molar-refractivity contribution in [2.45, 2.75) is 26.3 Å². The summed E-state index contributed by atoms with van der Waals surface area (Å²) in [6.07, 6.45) is 1.58. The van der Waals surface area contributed by atoms with Gasteiger partial charge in [0.05, 0.1) is 0 Å². The van der Waals surface area contributed by atoms with Gasteiger partial charge in [0, 0.05) is 23.8 Å². The van der Waals surface area contributed by atoms with E-state index in [1.165, 1.54) is 0 Å². The minimum Gasteiger partial charge on any atom is -0.368 e. The van der Waals surface area contributed by atoms with Gasteiger partial charge < -0.3 is 10.2 Å². The first-order valence-electron chi connectivity index (χ1n) is 5.12. The summed E-state index contributed by atoms with van der Waals surface area (Å²) in [5.74, 6) is 0.887. The molecule has 0 fully saturated rings. The molecule has 1 heterocycles. The van der Waals surface area contributed by atoms with E-state index >= 15 is 0 Å². The lowest BCUT2D eigenvalue weighted by Crippen LogP contribution is -2.44. The predicted octanol–water partition coefficient (Wildman–Crippen LogP) is 1.54. The van der Waals surface area contributed by atoms with Gasteiger partial charge in [0.25, 0.3) is 0 Å². The molecule has 0 saturated carbocycles. The molecule has 0 amide bonds. The maximum Gasteiger partial charge on any atom is 0.129 e. The maximum atomic E-state index is 4.16. The van der Waals surface area contributed by atoms with Crippen LogP contribution in [0.5, 0.6) is 0 Å². The normalized spacial score (nSPS) is 11.9. The van der Waals surface area contributed by atoms with Gasteiger partial charge in [0.1, 0.15) is 12.1 Å². The molecule has 84 valence electrons. The zero-order valence-electron chi connectivity index (χ0n) is 10.2. The molecule has 15 heavy (non-hydrogen) atoms. The minimum atomic E-state index is 0.110. The minimum absolute atomic E-state index is 0.110. The van der Waals surface area contributed by atoms with E-state index in [9.17, 15) is 0 Å². The molecule has 1 aromatic heterocycles. The smallest absolute Gasteiger partial charge is 0.129 e. The molecule has 1 aromatic rings. The van der Waals surface area contributed by atoms with E-state index < -0.39 is 0 Å². The molecule has 0 unspecified atom stereocenters. The Hall–Kier alpha value is -1.16. The number of nitrogens with zero attached hydrogens (tertiary/aromatic N) is 3. The summed E-state index contributed by atoms with van der Waals surface area (Å²) < 4.78 is 0. The molecule has 0 spiro atoms. The largest absolute Gasteiger partial charge is 0.368 e. The van der Waals surface area contributed by atoms with Crippen LogP contribution in [0.4, 0.5) is 5.82 Å². The van der Waals surface area contributed by atoms with Gasteiger partial charge in [-0.25, -0.2) is 9.97 Å². The fourth-order valence-electron chi connectivity index (χ4n) is 1.02. The number of nitrogens with one attached hydrogen (secondary N) is 1. The number of rotatable bonds is 4. The van der Waals surface area contributed by atoms with Crippen LogP contribution < -0.4 is 5.32 Å². The van der Waals surface area contributed by atoms with Gasteiger partial charge in [-0.1, -0.05) is 0 Å². The zero-order chi connectivity index (χ0) is 11.5. The summed E-state index contributed by atoms with van der Waals surface area (Å²) in [7, 11) is 4.15. The van der Waals surface area contributed by atoms with Gasteiger partial charge in [0.2, 0.25) is 0 Å².